The third kappa shape index (κ3) is 3.27. The van der Waals surface area contributed by atoms with Gasteiger partial charge in [0.1, 0.15) is 22.6 Å². The molecule has 4 rings (SSSR count). The van der Waals surface area contributed by atoms with E-state index < -0.39 is 0 Å². The number of aromatic nitrogens is 1. The first-order chi connectivity index (χ1) is 13.7. The number of benzene rings is 3. The molecule has 1 aromatic heterocycles. The highest BCUT2D eigenvalue weighted by atomic mass is 16.5. The SMILES string of the molecule is COc1cccc(OC)c1C(=O)Nc1cccc(-c2nc3ccccc3o2)c1. The summed E-state index contributed by atoms with van der Waals surface area (Å²) in [6.45, 7) is 0. The van der Waals surface area contributed by atoms with Crippen LogP contribution in [0.4, 0.5) is 5.69 Å². The summed E-state index contributed by atoms with van der Waals surface area (Å²) in [4.78, 5) is 17.3. The first kappa shape index (κ1) is 17.6. The molecule has 0 unspecified atom stereocenters. The van der Waals surface area contributed by atoms with Crippen LogP contribution in [0.5, 0.6) is 11.5 Å². The molecule has 0 aliphatic carbocycles. The van der Waals surface area contributed by atoms with Crippen molar-refractivity contribution in [1.29, 1.82) is 0 Å². The molecule has 4 aromatic rings. The molecule has 6 heteroatoms. The summed E-state index contributed by atoms with van der Waals surface area (Å²) in [7, 11) is 3.03. The minimum absolute atomic E-state index is 0.330. The van der Waals surface area contributed by atoms with Crippen molar-refractivity contribution >= 4 is 22.7 Å². The van der Waals surface area contributed by atoms with Gasteiger partial charge in [0.05, 0.1) is 14.2 Å². The fourth-order valence-electron chi connectivity index (χ4n) is 2.99. The maximum atomic E-state index is 12.9. The number of hydrogen-bond donors (Lipinski definition) is 1. The quantitative estimate of drug-likeness (QED) is 0.545. The Hall–Kier alpha value is -3.80. The smallest absolute Gasteiger partial charge is 0.263 e. The van der Waals surface area contributed by atoms with Crippen LogP contribution in [0, 0.1) is 0 Å². The van der Waals surface area contributed by atoms with Crippen molar-refractivity contribution in [2.75, 3.05) is 19.5 Å². The summed E-state index contributed by atoms with van der Waals surface area (Å²) in [5.74, 6) is 1.04. The van der Waals surface area contributed by atoms with Gasteiger partial charge in [-0.15, -0.1) is 0 Å². The first-order valence-corrected chi connectivity index (χ1v) is 8.68. The van der Waals surface area contributed by atoms with Crippen LogP contribution in [0.2, 0.25) is 0 Å². The number of oxazole rings is 1. The van der Waals surface area contributed by atoms with E-state index >= 15 is 0 Å². The molecular formula is C22H18N2O4. The van der Waals surface area contributed by atoms with Crippen LogP contribution in [0.15, 0.2) is 71.1 Å². The average molecular weight is 374 g/mol. The zero-order valence-electron chi connectivity index (χ0n) is 15.4. The zero-order valence-corrected chi connectivity index (χ0v) is 15.4. The number of nitrogens with zero attached hydrogens (tertiary/aromatic N) is 1. The molecule has 0 aliphatic rings. The van der Waals surface area contributed by atoms with Gasteiger partial charge < -0.3 is 19.2 Å². The number of hydrogen-bond acceptors (Lipinski definition) is 5. The van der Waals surface area contributed by atoms with Crippen LogP contribution in [0.25, 0.3) is 22.6 Å². The molecule has 0 atom stereocenters. The molecule has 6 nitrogen and oxygen atoms in total. The number of nitrogens with one attached hydrogen (secondary N) is 1. The predicted molar refractivity (Wildman–Crippen MR) is 107 cm³/mol. The molecule has 0 fully saturated rings. The Bertz CT molecular complexity index is 1090. The van der Waals surface area contributed by atoms with Crippen molar-refractivity contribution in [3.63, 3.8) is 0 Å². The van der Waals surface area contributed by atoms with E-state index in [9.17, 15) is 4.79 Å². The van der Waals surface area contributed by atoms with Gasteiger partial charge in [-0.2, -0.15) is 0 Å². The van der Waals surface area contributed by atoms with Crippen molar-refractivity contribution < 1.29 is 18.7 Å². The van der Waals surface area contributed by atoms with E-state index in [1.165, 1.54) is 14.2 Å². The molecule has 28 heavy (non-hydrogen) atoms. The number of para-hydroxylation sites is 2. The second-order valence-electron chi connectivity index (χ2n) is 6.06. The minimum Gasteiger partial charge on any atom is -0.496 e. The number of amides is 1. The van der Waals surface area contributed by atoms with Gasteiger partial charge in [-0.25, -0.2) is 4.98 Å². The number of carbonyl (C=O) groups excluding carboxylic acids is 1. The maximum Gasteiger partial charge on any atom is 0.263 e. The summed E-state index contributed by atoms with van der Waals surface area (Å²) in [5.41, 5.74) is 3.20. The Labute approximate surface area is 161 Å². The summed E-state index contributed by atoms with van der Waals surface area (Å²) in [6, 6.07) is 20.1. The summed E-state index contributed by atoms with van der Waals surface area (Å²) in [5, 5.41) is 2.88. The highest BCUT2D eigenvalue weighted by molar-refractivity contribution is 6.08. The zero-order chi connectivity index (χ0) is 19.5. The molecule has 140 valence electrons. The lowest BCUT2D eigenvalue weighted by atomic mass is 10.1. The molecule has 0 bridgehead atoms. The van der Waals surface area contributed by atoms with Gasteiger partial charge in [0.2, 0.25) is 5.89 Å². The van der Waals surface area contributed by atoms with Gasteiger partial charge in [-0.05, 0) is 42.5 Å². The highest BCUT2D eigenvalue weighted by Gasteiger charge is 2.18. The Morgan fingerprint density at radius 2 is 1.64 bits per heavy atom. The molecule has 1 heterocycles. The number of ether oxygens (including phenoxy) is 2. The Kier molecular flexibility index (Phi) is 4.68. The Morgan fingerprint density at radius 3 is 2.36 bits per heavy atom. The second-order valence-corrected chi connectivity index (χ2v) is 6.06. The van der Waals surface area contributed by atoms with Crippen LogP contribution in [0.3, 0.4) is 0 Å². The summed E-state index contributed by atoms with van der Waals surface area (Å²) in [6.07, 6.45) is 0. The minimum atomic E-state index is -0.330. The van der Waals surface area contributed by atoms with Crippen molar-refractivity contribution in [1.82, 2.24) is 4.98 Å². The highest BCUT2D eigenvalue weighted by Crippen LogP contribution is 2.30. The van der Waals surface area contributed by atoms with Crippen LogP contribution in [-0.4, -0.2) is 25.1 Å². The normalized spacial score (nSPS) is 10.6. The third-order valence-electron chi connectivity index (χ3n) is 4.32. The molecule has 0 saturated carbocycles. The number of rotatable bonds is 5. The molecule has 0 radical (unpaired) electrons. The van der Waals surface area contributed by atoms with Crippen molar-refractivity contribution in [2.45, 2.75) is 0 Å². The lowest BCUT2D eigenvalue weighted by molar-refractivity contribution is 0.102. The summed E-state index contributed by atoms with van der Waals surface area (Å²) >= 11 is 0. The van der Waals surface area contributed by atoms with E-state index in [0.717, 1.165) is 11.1 Å². The third-order valence-corrected chi connectivity index (χ3v) is 4.32. The fraction of sp³-hybridized carbons (Fsp3) is 0.0909. The molecule has 1 amide bonds. The van der Waals surface area contributed by atoms with Crippen LogP contribution in [0.1, 0.15) is 10.4 Å². The van der Waals surface area contributed by atoms with Gasteiger partial charge in [-0.1, -0.05) is 24.3 Å². The first-order valence-electron chi connectivity index (χ1n) is 8.68. The van der Waals surface area contributed by atoms with Gasteiger partial charge in [0.25, 0.3) is 5.91 Å². The van der Waals surface area contributed by atoms with E-state index in [-0.39, 0.29) is 5.91 Å². The largest absolute Gasteiger partial charge is 0.496 e. The number of anilines is 1. The maximum absolute atomic E-state index is 12.9. The van der Waals surface area contributed by atoms with Crippen LogP contribution in [-0.2, 0) is 0 Å². The van der Waals surface area contributed by atoms with Crippen molar-refractivity contribution in [3.8, 4) is 23.0 Å². The molecular weight excluding hydrogens is 356 g/mol. The van der Waals surface area contributed by atoms with Gasteiger partial charge >= 0.3 is 0 Å². The lowest BCUT2D eigenvalue weighted by Gasteiger charge is -2.13. The number of methoxy groups -OCH3 is 2. The number of carbonyl (C=O) groups is 1. The van der Waals surface area contributed by atoms with E-state index in [4.69, 9.17) is 13.9 Å². The molecule has 3 aromatic carbocycles. The Balaban J connectivity index is 1.65. The van der Waals surface area contributed by atoms with Gasteiger partial charge in [-0.3, -0.25) is 4.79 Å². The Morgan fingerprint density at radius 1 is 0.929 bits per heavy atom. The average Bonchev–Trinajstić information content (AvgIpc) is 3.17. The molecule has 0 saturated heterocycles. The standard InChI is InChI=1S/C22H18N2O4/c1-26-18-11-6-12-19(27-2)20(18)21(25)23-15-8-5-7-14(13-15)22-24-16-9-3-4-10-17(16)28-22/h3-13H,1-2H3,(H,23,25). The second kappa shape index (κ2) is 7.44. The topological polar surface area (TPSA) is 73.6 Å². The summed E-state index contributed by atoms with van der Waals surface area (Å²) < 4.78 is 16.4. The lowest BCUT2D eigenvalue weighted by Crippen LogP contribution is -2.14. The van der Waals surface area contributed by atoms with Crippen LogP contribution >= 0.6 is 0 Å². The van der Waals surface area contributed by atoms with Crippen molar-refractivity contribution in [2.24, 2.45) is 0 Å². The van der Waals surface area contributed by atoms with E-state index in [1.807, 2.05) is 42.5 Å². The molecule has 0 aliphatic heterocycles. The molecule has 1 N–H and O–H groups in total. The van der Waals surface area contributed by atoms with E-state index in [1.54, 1.807) is 24.3 Å². The fourth-order valence-corrected chi connectivity index (χ4v) is 2.99. The van der Waals surface area contributed by atoms with Crippen molar-refractivity contribution in [3.05, 3.63) is 72.3 Å². The van der Waals surface area contributed by atoms with E-state index in [0.29, 0.717) is 34.2 Å². The van der Waals surface area contributed by atoms with E-state index in [2.05, 4.69) is 10.3 Å². The molecule has 0 spiro atoms. The van der Waals surface area contributed by atoms with Crippen LogP contribution < -0.4 is 14.8 Å². The van der Waals surface area contributed by atoms with Gasteiger partial charge in [0.15, 0.2) is 5.58 Å². The predicted octanol–water partition coefficient (Wildman–Crippen LogP) is 4.76. The number of fused-ring (bicyclic) bond motifs is 1. The van der Waals surface area contributed by atoms with Gasteiger partial charge in [0, 0.05) is 11.3 Å². The monoisotopic (exact) mass is 374 g/mol.